The maximum absolute atomic E-state index is 11.5. The van der Waals surface area contributed by atoms with E-state index in [9.17, 15) is 4.79 Å². The van der Waals surface area contributed by atoms with E-state index in [2.05, 4.69) is 10.6 Å². The second kappa shape index (κ2) is 6.10. The second-order valence-corrected chi connectivity index (χ2v) is 4.36. The Labute approximate surface area is 99.7 Å². The van der Waals surface area contributed by atoms with Crippen LogP contribution in [0.2, 0.25) is 0 Å². The Morgan fingerprint density at radius 1 is 1.67 bits per heavy atom. The first kappa shape index (κ1) is 12.5. The molecule has 0 aliphatic carbocycles. The highest BCUT2D eigenvalue weighted by Crippen LogP contribution is 2.08. The summed E-state index contributed by atoms with van der Waals surface area (Å²) in [5, 5.41) is 10.0. The van der Waals surface area contributed by atoms with E-state index in [0.29, 0.717) is 5.92 Å². The number of carbonyl (C=O) groups excluding carboxylic acids is 1. The first-order valence-corrected chi connectivity index (χ1v) is 5.81. The molecule has 15 heavy (non-hydrogen) atoms. The lowest BCUT2D eigenvalue weighted by Gasteiger charge is -2.08. The number of hydrogen-bond donors (Lipinski definition) is 2. The van der Waals surface area contributed by atoms with Gasteiger partial charge in [-0.3, -0.25) is 4.79 Å². The second-order valence-electron chi connectivity index (χ2n) is 3.58. The average molecular weight is 247 g/mol. The summed E-state index contributed by atoms with van der Waals surface area (Å²) in [5.41, 5.74) is 0.779. The predicted molar refractivity (Wildman–Crippen MR) is 64.9 cm³/mol. The molecule has 1 unspecified atom stereocenters. The number of carbonyl (C=O) groups is 1. The van der Waals surface area contributed by atoms with Crippen molar-refractivity contribution in [2.75, 3.05) is 19.6 Å². The van der Waals surface area contributed by atoms with Crippen LogP contribution in [0, 0.1) is 5.92 Å². The van der Waals surface area contributed by atoms with Crippen molar-refractivity contribution in [3.8, 4) is 0 Å². The Morgan fingerprint density at radius 3 is 3.13 bits per heavy atom. The fourth-order valence-electron chi connectivity index (χ4n) is 1.62. The molecule has 0 bridgehead atoms. The highest BCUT2D eigenvalue weighted by atomic mass is 35.5. The van der Waals surface area contributed by atoms with E-state index in [-0.39, 0.29) is 18.3 Å². The molecule has 1 saturated heterocycles. The van der Waals surface area contributed by atoms with E-state index < -0.39 is 0 Å². The summed E-state index contributed by atoms with van der Waals surface area (Å²) in [7, 11) is 0. The van der Waals surface area contributed by atoms with Gasteiger partial charge in [0.05, 0.1) is 0 Å². The molecule has 2 heterocycles. The van der Waals surface area contributed by atoms with Crippen molar-refractivity contribution in [2.45, 2.75) is 6.42 Å². The number of hydrogen-bond acceptors (Lipinski definition) is 3. The van der Waals surface area contributed by atoms with Crippen LogP contribution in [0.1, 0.15) is 16.8 Å². The van der Waals surface area contributed by atoms with Crippen LogP contribution in [0.4, 0.5) is 0 Å². The zero-order valence-corrected chi connectivity index (χ0v) is 10.00. The summed E-state index contributed by atoms with van der Waals surface area (Å²) in [6.07, 6.45) is 1.17. The molecule has 5 heteroatoms. The largest absolute Gasteiger partial charge is 0.352 e. The molecular formula is C10H15ClN2OS. The van der Waals surface area contributed by atoms with E-state index in [1.807, 2.05) is 16.8 Å². The zero-order chi connectivity index (χ0) is 9.80. The van der Waals surface area contributed by atoms with Crippen molar-refractivity contribution >= 4 is 29.7 Å². The van der Waals surface area contributed by atoms with Crippen molar-refractivity contribution < 1.29 is 4.79 Å². The maximum Gasteiger partial charge on any atom is 0.252 e. The lowest BCUT2D eigenvalue weighted by molar-refractivity contribution is 0.0948. The molecule has 1 atom stereocenters. The van der Waals surface area contributed by atoms with Crippen LogP contribution in [0.3, 0.4) is 0 Å². The van der Waals surface area contributed by atoms with Gasteiger partial charge in [0.2, 0.25) is 0 Å². The molecule has 2 N–H and O–H groups in total. The van der Waals surface area contributed by atoms with Crippen molar-refractivity contribution in [3.05, 3.63) is 22.4 Å². The first-order chi connectivity index (χ1) is 6.86. The average Bonchev–Trinajstić information content (AvgIpc) is 2.87. The molecular weight excluding hydrogens is 232 g/mol. The molecule has 0 saturated carbocycles. The molecule has 2 rings (SSSR count). The van der Waals surface area contributed by atoms with Gasteiger partial charge in [0.15, 0.2) is 0 Å². The lowest BCUT2D eigenvalue weighted by Crippen LogP contribution is -2.29. The Kier molecular flexibility index (Phi) is 5.08. The topological polar surface area (TPSA) is 41.1 Å². The van der Waals surface area contributed by atoms with Gasteiger partial charge in [0.1, 0.15) is 0 Å². The smallest absolute Gasteiger partial charge is 0.252 e. The number of halogens is 1. The van der Waals surface area contributed by atoms with Crippen molar-refractivity contribution in [1.29, 1.82) is 0 Å². The van der Waals surface area contributed by atoms with Gasteiger partial charge in [-0.15, -0.1) is 12.4 Å². The summed E-state index contributed by atoms with van der Waals surface area (Å²) >= 11 is 1.55. The van der Waals surface area contributed by atoms with Gasteiger partial charge in [-0.25, -0.2) is 0 Å². The molecule has 3 nitrogen and oxygen atoms in total. The molecule has 0 spiro atoms. The summed E-state index contributed by atoms with van der Waals surface area (Å²) in [6, 6.07) is 1.85. The highest BCUT2D eigenvalue weighted by Gasteiger charge is 2.15. The van der Waals surface area contributed by atoms with Crippen LogP contribution in [0.25, 0.3) is 0 Å². The molecule has 1 amide bonds. The van der Waals surface area contributed by atoms with Gasteiger partial charge >= 0.3 is 0 Å². The van der Waals surface area contributed by atoms with Crippen molar-refractivity contribution in [3.63, 3.8) is 0 Å². The van der Waals surface area contributed by atoms with Crippen LogP contribution >= 0.6 is 23.7 Å². The normalized spacial score (nSPS) is 19.6. The molecule has 0 aromatic carbocycles. The summed E-state index contributed by atoms with van der Waals surface area (Å²) in [5.74, 6) is 0.663. The summed E-state index contributed by atoms with van der Waals surface area (Å²) < 4.78 is 0. The van der Waals surface area contributed by atoms with E-state index in [1.54, 1.807) is 11.3 Å². The summed E-state index contributed by atoms with van der Waals surface area (Å²) in [4.78, 5) is 11.5. The van der Waals surface area contributed by atoms with Crippen LogP contribution in [-0.2, 0) is 0 Å². The Morgan fingerprint density at radius 2 is 2.53 bits per heavy atom. The fraction of sp³-hybridized carbons (Fsp3) is 0.500. The van der Waals surface area contributed by atoms with Gasteiger partial charge in [-0.1, -0.05) is 0 Å². The van der Waals surface area contributed by atoms with Gasteiger partial charge < -0.3 is 10.6 Å². The van der Waals surface area contributed by atoms with E-state index in [4.69, 9.17) is 0 Å². The minimum absolute atomic E-state index is 0. The van der Waals surface area contributed by atoms with Crippen LogP contribution in [-0.4, -0.2) is 25.5 Å². The third kappa shape index (κ3) is 3.48. The quantitative estimate of drug-likeness (QED) is 0.849. The predicted octanol–water partition coefficient (Wildman–Crippen LogP) is 1.51. The third-order valence-corrected chi connectivity index (χ3v) is 3.18. The summed E-state index contributed by atoms with van der Waals surface area (Å²) in [6.45, 7) is 2.91. The minimum atomic E-state index is 0. The lowest BCUT2D eigenvalue weighted by atomic mass is 10.1. The first-order valence-electron chi connectivity index (χ1n) is 4.87. The number of thiophene rings is 1. The third-order valence-electron chi connectivity index (χ3n) is 2.50. The van der Waals surface area contributed by atoms with Crippen molar-refractivity contribution in [1.82, 2.24) is 10.6 Å². The van der Waals surface area contributed by atoms with Gasteiger partial charge in [0.25, 0.3) is 5.91 Å². The van der Waals surface area contributed by atoms with E-state index in [0.717, 1.165) is 25.2 Å². The SMILES string of the molecule is Cl.O=C(NCC1CCNC1)c1ccsc1. The molecule has 1 aliphatic heterocycles. The molecule has 1 aliphatic rings. The van der Waals surface area contributed by atoms with Crippen molar-refractivity contribution in [2.24, 2.45) is 5.92 Å². The monoisotopic (exact) mass is 246 g/mol. The number of amides is 1. The molecule has 1 fully saturated rings. The molecule has 84 valence electrons. The van der Waals surface area contributed by atoms with Gasteiger partial charge in [0, 0.05) is 17.5 Å². The van der Waals surface area contributed by atoms with Crippen LogP contribution < -0.4 is 10.6 Å². The van der Waals surface area contributed by atoms with Crippen LogP contribution in [0.15, 0.2) is 16.8 Å². The molecule has 0 radical (unpaired) electrons. The minimum Gasteiger partial charge on any atom is -0.352 e. The molecule has 1 aromatic rings. The molecule has 1 aromatic heterocycles. The standard InChI is InChI=1S/C10H14N2OS.ClH/c13-10(9-2-4-14-7-9)12-6-8-1-3-11-5-8;/h2,4,7-8,11H,1,3,5-6H2,(H,12,13);1H. The number of rotatable bonds is 3. The number of nitrogens with one attached hydrogen (secondary N) is 2. The Balaban J connectivity index is 0.00000112. The van der Waals surface area contributed by atoms with Crippen LogP contribution in [0.5, 0.6) is 0 Å². The zero-order valence-electron chi connectivity index (χ0n) is 8.36. The fourth-order valence-corrected chi connectivity index (χ4v) is 2.26. The van der Waals surface area contributed by atoms with Gasteiger partial charge in [-0.2, -0.15) is 11.3 Å². The van der Waals surface area contributed by atoms with E-state index >= 15 is 0 Å². The highest BCUT2D eigenvalue weighted by molar-refractivity contribution is 7.08. The van der Waals surface area contributed by atoms with Gasteiger partial charge in [-0.05, 0) is 36.9 Å². The Bertz CT molecular complexity index is 296. The Hall–Kier alpha value is -0.580. The maximum atomic E-state index is 11.5. The van der Waals surface area contributed by atoms with E-state index in [1.165, 1.54) is 6.42 Å².